The number of nitro benzene ring substituents is 1. The summed E-state index contributed by atoms with van der Waals surface area (Å²) in [7, 11) is 0. The van der Waals surface area contributed by atoms with Crippen LogP contribution in [0.25, 0.3) is 0 Å². The van der Waals surface area contributed by atoms with Gasteiger partial charge >= 0.3 is 0 Å². The van der Waals surface area contributed by atoms with Crippen molar-refractivity contribution in [3.05, 3.63) is 39.9 Å². The second kappa shape index (κ2) is 3.40. The highest BCUT2D eigenvalue weighted by molar-refractivity contribution is 5.92. The van der Waals surface area contributed by atoms with Gasteiger partial charge in [0.05, 0.1) is 4.92 Å². The first-order valence-electron chi connectivity index (χ1n) is 5.20. The van der Waals surface area contributed by atoms with Crippen LogP contribution in [-0.2, 0) is 4.79 Å². The first-order chi connectivity index (χ1) is 7.43. The van der Waals surface area contributed by atoms with E-state index in [-0.39, 0.29) is 22.8 Å². The molecule has 16 heavy (non-hydrogen) atoms. The molecule has 4 nitrogen and oxygen atoms in total. The summed E-state index contributed by atoms with van der Waals surface area (Å²) in [6, 6.07) is 6.56. The molecule has 0 radical (unpaired) electrons. The van der Waals surface area contributed by atoms with Crippen molar-refractivity contribution in [2.45, 2.75) is 26.2 Å². The summed E-state index contributed by atoms with van der Waals surface area (Å²) in [6.07, 6.45) is 0.494. The van der Waals surface area contributed by atoms with E-state index in [0.29, 0.717) is 6.42 Å². The number of nitrogens with zero attached hydrogens (tertiary/aromatic N) is 1. The largest absolute Gasteiger partial charge is 0.299 e. The predicted molar refractivity (Wildman–Crippen MR) is 59.2 cm³/mol. The summed E-state index contributed by atoms with van der Waals surface area (Å²) in [4.78, 5) is 21.7. The van der Waals surface area contributed by atoms with Crippen LogP contribution in [0.15, 0.2) is 24.3 Å². The number of rotatable bonds is 2. The van der Waals surface area contributed by atoms with E-state index in [1.165, 1.54) is 6.07 Å². The monoisotopic (exact) mass is 219 g/mol. The summed E-state index contributed by atoms with van der Waals surface area (Å²) in [5.74, 6) is 0.337. The second-order valence-electron chi connectivity index (χ2n) is 4.75. The molecular weight excluding hydrogens is 206 g/mol. The Morgan fingerprint density at radius 3 is 2.62 bits per heavy atom. The smallest absolute Gasteiger partial charge is 0.269 e. The minimum atomic E-state index is -0.406. The minimum Gasteiger partial charge on any atom is -0.299 e. The van der Waals surface area contributed by atoms with Gasteiger partial charge in [-0.3, -0.25) is 14.9 Å². The van der Waals surface area contributed by atoms with Crippen LogP contribution in [-0.4, -0.2) is 10.7 Å². The lowest BCUT2D eigenvalue weighted by Crippen LogP contribution is -2.43. The number of hydrogen-bond acceptors (Lipinski definition) is 3. The topological polar surface area (TPSA) is 60.2 Å². The van der Waals surface area contributed by atoms with E-state index in [9.17, 15) is 14.9 Å². The van der Waals surface area contributed by atoms with Crippen molar-refractivity contribution in [2.24, 2.45) is 5.41 Å². The zero-order chi connectivity index (χ0) is 11.9. The maximum absolute atomic E-state index is 11.4. The molecule has 1 atom stereocenters. The van der Waals surface area contributed by atoms with E-state index < -0.39 is 4.92 Å². The molecule has 1 saturated carbocycles. The Balaban J connectivity index is 2.32. The van der Waals surface area contributed by atoms with E-state index in [1.807, 2.05) is 19.9 Å². The van der Waals surface area contributed by atoms with Crippen molar-refractivity contribution in [2.75, 3.05) is 0 Å². The number of ketones is 1. The molecule has 84 valence electrons. The standard InChI is InChI=1S/C12H13NO3/c1-12(2)10(7-11(12)14)8-4-3-5-9(6-8)13(15)16/h3-6,10H,7H2,1-2H3. The molecule has 0 N–H and O–H groups in total. The molecule has 4 heteroatoms. The molecule has 1 aromatic rings. The first kappa shape index (κ1) is 10.8. The lowest BCUT2D eigenvalue weighted by Gasteiger charge is -2.42. The van der Waals surface area contributed by atoms with E-state index in [1.54, 1.807) is 12.1 Å². The van der Waals surface area contributed by atoms with Crippen molar-refractivity contribution < 1.29 is 9.72 Å². The quantitative estimate of drug-likeness (QED) is 0.567. The summed E-state index contributed by atoms with van der Waals surface area (Å²) in [5.41, 5.74) is 0.598. The molecule has 0 heterocycles. The van der Waals surface area contributed by atoms with Gasteiger partial charge in [-0.25, -0.2) is 0 Å². The van der Waals surface area contributed by atoms with Gasteiger partial charge in [0, 0.05) is 29.9 Å². The summed E-state index contributed by atoms with van der Waals surface area (Å²) < 4.78 is 0. The summed E-state index contributed by atoms with van der Waals surface area (Å²) in [6.45, 7) is 3.78. The molecule has 0 aromatic heterocycles. The third-order valence-electron chi connectivity index (χ3n) is 3.46. The van der Waals surface area contributed by atoms with Crippen LogP contribution in [0.4, 0.5) is 5.69 Å². The predicted octanol–water partition coefficient (Wildman–Crippen LogP) is 2.68. The molecule has 0 aliphatic heterocycles. The van der Waals surface area contributed by atoms with Gasteiger partial charge in [-0.2, -0.15) is 0 Å². The average molecular weight is 219 g/mol. The van der Waals surface area contributed by atoms with Gasteiger partial charge in [-0.05, 0) is 5.56 Å². The number of carbonyl (C=O) groups excluding carboxylic acids is 1. The number of hydrogen-bond donors (Lipinski definition) is 0. The summed E-state index contributed by atoms with van der Waals surface area (Å²) >= 11 is 0. The molecule has 1 aliphatic rings. The number of Topliss-reactive ketones (excluding diaryl/α,β-unsaturated/α-hetero) is 1. The van der Waals surface area contributed by atoms with Crippen molar-refractivity contribution in [1.82, 2.24) is 0 Å². The van der Waals surface area contributed by atoms with Crippen LogP contribution < -0.4 is 0 Å². The Kier molecular flexibility index (Phi) is 2.30. The zero-order valence-electron chi connectivity index (χ0n) is 9.27. The lowest BCUT2D eigenvalue weighted by atomic mass is 9.59. The van der Waals surface area contributed by atoms with E-state index in [4.69, 9.17) is 0 Å². The van der Waals surface area contributed by atoms with Gasteiger partial charge in [0.25, 0.3) is 5.69 Å². The molecular formula is C12H13NO3. The Hall–Kier alpha value is -1.71. The average Bonchev–Trinajstić information content (AvgIpc) is 2.25. The number of nitro groups is 1. The third-order valence-corrected chi connectivity index (χ3v) is 3.46. The lowest BCUT2D eigenvalue weighted by molar-refractivity contribution is -0.385. The third kappa shape index (κ3) is 1.50. The maximum Gasteiger partial charge on any atom is 0.269 e. The zero-order valence-corrected chi connectivity index (χ0v) is 9.27. The number of non-ortho nitro benzene ring substituents is 1. The molecule has 0 amide bonds. The summed E-state index contributed by atoms with van der Waals surface area (Å²) in [5, 5.41) is 10.6. The Morgan fingerprint density at radius 2 is 2.12 bits per heavy atom. The fourth-order valence-electron chi connectivity index (χ4n) is 2.16. The minimum absolute atomic E-state index is 0.0904. The van der Waals surface area contributed by atoms with Crippen LogP contribution in [0.3, 0.4) is 0 Å². The highest BCUT2D eigenvalue weighted by Crippen LogP contribution is 2.49. The van der Waals surface area contributed by atoms with Crippen molar-refractivity contribution in [1.29, 1.82) is 0 Å². The SMILES string of the molecule is CC1(C)C(=O)CC1c1cccc([N+](=O)[O-])c1. The normalized spacial score (nSPS) is 22.6. The highest BCUT2D eigenvalue weighted by atomic mass is 16.6. The number of carbonyl (C=O) groups is 1. The van der Waals surface area contributed by atoms with Gasteiger partial charge in [-0.1, -0.05) is 26.0 Å². The number of benzene rings is 1. The Bertz CT molecular complexity index is 465. The Morgan fingerprint density at radius 1 is 1.44 bits per heavy atom. The van der Waals surface area contributed by atoms with E-state index >= 15 is 0 Å². The molecule has 0 saturated heterocycles. The van der Waals surface area contributed by atoms with Crippen molar-refractivity contribution in [3.63, 3.8) is 0 Å². The molecule has 2 rings (SSSR count). The van der Waals surface area contributed by atoms with Crippen LogP contribution in [0, 0.1) is 15.5 Å². The molecule has 1 aromatic carbocycles. The first-order valence-corrected chi connectivity index (χ1v) is 5.20. The van der Waals surface area contributed by atoms with Crippen molar-refractivity contribution in [3.8, 4) is 0 Å². The second-order valence-corrected chi connectivity index (χ2v) is 4.75. The fourth-order valence-corrected chi connectivity index (χ4v) is 2.16. The van der Waals surface area contributed by atoms with Crippen LogP contribution in [0.5, 0.6) is 0 Å². The van der Waals surface area contributed by atoms with Gasteiger partial charge < -0.3 is 0 Å². The fraction of sp³-hybridized carbons (Fsp3) is 0.417. The van der Waals surface area contributed by atoms with Gasteiger partial charge in [0.15, 0.2) is 0 Å². The van der Waals surface area contributed by atoms with Crippen LogP contribution >= 0.6 is 0 Å². The molecule has 1 aliphatic carbocycles. The van der Waals surface area contributed by atoms with Gasteiger partial charge in [0.2, 0.25) is 0 Å². The van der Waals surface area contributed by atoms with Crippen molar-refractivity contribution >= 4 is 11.5 Å². The molecule has 1 fully saturated rings. The maximum atomic E-state index is 11.4. The van der Waals surface area contributed by atoms with Gasteiger partial charge in [0.1, 0.15) is 5.78 Å². The molecule has 1 unspecified atom stereocenters. The van der Waals surface area contributed by atoms with Gasteiger partial charge in [-0.15, -0.1) is 0 Å². The highest BCUT2D eigenvalue weighted by Gasteiger charge is 2.47. The van der Waals surface area contributed by atoms with Crippen LogP contribution in [0.2, 0.25) is 0 Å². The molecule has 0 bridgehead atoms. The Labute approximate surface area is 93.4 Å². The van der Waals surface area contributed by atoms with E-state index in [2.05, 4.69) is 0 Å². The van der Waals surface area contributed by atoms with E-state index in [0.717, 1.165) is 5.56 Å². The van der Waals surface area contributed by atoms with Crippen LogP contribution in [0.1, 0.15) is 31.7 Å². The molecule has 0 spiro atoms.